The molecule has 0 aliphatic rings. The quantitative estimate of drug-likeness (QED) is 0.730. The second-order valence-corrected chi connectivity index (χ2v) is 4.63. The predicted octanol–water partition coefficient (Wildman–Crippen LogP) is 2.72. The lowest BCUT2D eigenvalue weighted by Gasteiger charge is -2.14. The van der Waals surface area contributed by atoms with Gasteiger partial charge in [0.2, 0.25) is 5.91 Å². The first-order chi connectivity index (χ1) is 8.65. The molecule has 1 rings (SSSR count). The molecule has 0 aliphatic carbocycles. The summed E-state index contributed by atoms with van der Waals surface area (Å²) in [4.78, 5) is 11.5. The van der Waals surface area contributed by atoms with Gasteiger partial charge < -0.3 is 10.4 Å². The zero-order chi connectivity index (χ0) is 13.4. The number of rotatable bonds is 7. The molecule has 0 saturated heterocycles. The Morgan fingerprint density at radius 3 is 2.72 bits per heavy atom. The Balaban J connectivity index is 2.35. The molecule has 1 atom stereocenters. The minimum atomic E-state index is -0.624. The van der Waals surface area contributed by atoms with Crippen molar-refractivity contribution >= 4 is 5.91 Å². The zero-order valence-corrected chi connectivity index (χ0v) is 11.3. The van der Waals surface area contributed by atoms with Crippen LogP contribution in [0.5, 0.6) is 0 Å². The van der Waals surface area contributed by atoms with Crippen molar-refractivity contribution < 1.29 is 9.90 Å². The average molecular weight is 249 g/mol. The third-order valence-electron chi connectivity index (χ3n) is 3.05. The molecule has 2 N–H and O–H groups in total. The minimum Gasteiger partial charge on any atom is -0.387 e. The van der Waals surface area contributed by atoms with Crippen LogP contribution >= 0.6 is 0 Å². The second kappa shape index (κ2) is 7.88. The molecule has 0 radical (unpaired) electrons. The molecule has 0 bridgehead atoms. The van der Waals surface area contributed by atoms with E-state index in [4.69, 9.17) is 0 Å². The molecule has 0 saturated carbocycles. The number of hydrogen-bond acceptors (Lipinski definition) is 2. The fraction of sp³-hybridized carbons (Fsp3) is 0.533. The van der Waals surface area contributed by atoms with Crippen LogP contribution in [0.4, 0.5) is 0 Å². The lowest BCUT2D eigenvalue weighted by molar-refractivity contribution is -0.121. The first-order valence-electron chi connectivity index (χ1n) is 6.65. The van der Waals surface area contributed by atoms with Gasteiger partial charge in [0.25, 0.3) is 0 Å². The standard InChI is InChI=1S/C15H23NO2/c1-3-4-5-10-15(18)16-11-14(17)13-9-7-6-8-12(13)2/h6-9,14,17H,3-5,10-11H2,1-2H3,(H,16,18). The van der Waals surface area contributed by atoms with Gasteiger partial charge in [0, 0.05) is 13.0 Å². The SMILES string of the molecule is CCCCCC(=O)NCC(O)c1ccccc1C. The number of aryl methyl sites for hydroxylation is 1. The van der Waals surface area contributed by atoms with Gasteiger partial charge in [0.15, 0.2) is 0 Å². The van der Waals surface area contributed by atoms with Gasteiger partial charge >= 0.3 is 0 Å². The van der Waals surface area contributed by atoms with Crippen molar-refractivity contribution in [2.75, 3.05) is 6.54 Å². The normalized spacial score (nSPS) is 12.2. The van der Waals surface area contributed by atoms with Crippen LogP contribution in [0.15, 0.2) is 24.3 Å². The lowest BCUT2D eigenvalue weighted by atomic mass is 10.0. The van der Waals surface area contributed by atoms with Crippen LogP contribution in [0.2, 0.25) is 0 Å². The van der Waals surface area contributed by atoms with E-state index in [2.05, 4.69) is 12.2 Å². The molecule has 0 heterocycles. The summed E-state index contributed by atoms with van der Waals surface area (Å²) in [5, 5.41) is 12.8. The minimum absolute atomic E-state index is 0.0242. The highest BCUT2D eigenvalue weighted by Crippen LogP contribution is 2.16. The van der Waals surface area contributed by atoms with Crippen LogP contribution in [0.25, 0.3) is 0 Å². The second-order valence-electron chi connectivity index (χ2n) is 4.63. The number of aliphatic hydroxyl groups is 1. The molecule has 1 amide bonds. The Morgan fingerprint density at radius 2 is 2.06 bits per heavy atom. The Kier molecular flexibility index (Phi) is 6.44. The van der Waals surface area contributed by atoms with Crippen LogP contribution in [0, 0.1) is 6.92 Å². The van der Waals surface area contributed by atoms with Crippen LogP contribution in [0.3, 0.4) is 0 Å². The van der Waals surface area contributed by atoms with Crippen molar-refractivity contribution in [1.29, 1.82) is 0 Å². The zero-order valence-electron chi connectivity index (χ0n) is 11.3. The Hall–Kier alpha value is -1.35. The van der Waals surface area contributed by atoms with Gasteiger partial charge in [0.05, 0.1) is 6.10 Å². The number of amides is 1. The van der Waals surface area contributed by atoms with Crippen LogP contribution in [0.1, 0.15) is 49.8 Å². The fourth-order valence-electron chi connectivity index (χ4n) is 1.91. The average Bonchev–Trinajstić information content (AvgIpc) is 2.37. The van der Waals surface area contributed by atoms with E-state index in [0.29, 0.717) is 6.42 Å². The number of carbonyl (C=O) groups excluding carboxylic acids is 1. The van der Waals surface area contributed by atoms with E-state index in [0.717, 1.165) is 30.4 Å². The summed E-state index contributed by atoms with van der Waals surface area (Å²) >= 11 is 0. The highest BCUT2D eigenvalue weighted by Gasteiger charge is 2.10. The van der Waals surface area contributed by atoms with Gasteiger partial charge in [-0.25, -0.2) is 0 Å². The number of hydrogen-bond donors (Lipinski definition) is 2. The van der Waals surface area contributed by atoms with Crippen molar-refractivity contribution in [3.8, 4) is 0 Å². The van der Waals surface area contributed by atoms with Crippen molar-refractivity contribution in [2.24, 2.45) is 0 Å². The molecular weight excluding hydrogens is 226 g/mol. The number of aliphatic hydroxyl groups excluding tert-OH is 1. The van der Waals surface area contributed by atoms with Crippen molar-refractivity contribution in [2.45, 2.75) is 45.6 Å². The third-order valence-corrected chi connectivity index (χ3v) is 3.05. The third kappa shape index (κ3) is 4.88. The first-order valence-corrected chi connectivity index (χ1v) is 6.65. The Bertz CT molecular complexity index is 377. The van der Waals surface area contributed by atoms with E-state index < -0.39 is 6.10 Å². The molecule has 18 heavy (non-hydrogen) atoms. The molecule has 3 nitrogen and oxygen atoms in total. The van der Waals surface area contributed by atoms with E-state index in [-0.39, 0.29) is 12.5 Å². The Morgan fingerprint density at radius 1 is 1.33 bits per heavy atom. The van der Waals surface area contributed by atoms with Crippen LogP contribution < -0.4 is 5.32 Å². The number of benzene rings is 1. The maximum absolute atomic E-state index is 11.5. The van der Waals surface area contributed by atoms with E-state index in [9.17, 15) is 9.90 Å². The van der Waals surface area contributed by atoms with E-state index >= 15 is 0 Å². The van der Waals surface area contributed by atoms with E-state index in [1.165, 1.54) is 0 Å². The summed E-state index contributed by atoms with van der Waals surface area (Å²) < 4.78 is 0. The molecule has 0 aromatic heterocycles. The fourth-order valence-corrected chi connectivity index (χ4v) is 1.91. The lowest BCUT2D eigenvalue weighted by Crippen LogP contribution is -2.28. The highest BCUT2D eigenvalue weighted by atomic mass is 16.3. The van der Waals surface area contributed by atoms with Gasteiger partial charge in [-0.3, -0.25) is 4.79 Å². The highest BCUT2D eigenvalue weighted by molar-refractivity contribution is 5.75. The monoisotopic (exact) mass is 249 g/mol. The summed E-state index contributed by atoms with van der Waals surface area (Å²) in [6.07, 6.45) is 3.03. The largest absolute Gasteiger partial charge is 0.387 e. The Labute approximate surface area is 109 Å². The molecule has 0 aliphatic heterocycles. The molecule has 1 aromatic rings. The van der Waals surface area contributed by atoms with Gasteiger partial charge in [-0.05, 0) is 24.5 Å². The van der Waals surface area contributed by atoms with Gasteiger partial charge in [0.1, 0.15) is 0 Å². The summed E-state index contributed by atoms with van der Waals surface area (Å²) in [5.41, 5.74) is 1.93. The summed E-state index contributed by atoms with van der Waals surface area (Å²) in [6.45, 7) is 4.36. The van der Waals surface area contributed by atoms with Gasteiger partial charge in [-0.15, -0.1) is 0 Å². The van der Waals surface area contributed by atoms with Crippen molar-refractivity contribution in [3.63, 3.8) is 0 Å². The molecular formula is C15H23NO2. The summed E-state index contributed by atoms with van der Waals surface area (Å²) in [5.74, 6) is 0.0242. The molecule has 3 heteroatoms. The smallest absolute Gasteiger partial charge is 0.220 e. The van der Waals surface area contributed by atoms with Gasteiger partial charge in [-0.1, -0.05) is 44.0 Å². The first kappa shape index (κ1) is 14.7. The van der Waals surface area contributed by atoms with Crippen LogP contribution in [-0.4, -0.2) is 17.6 Å². The van der Waals surface area contributed by atoms with Crippen molar-refractivity contribution in [3.05, 3.63) is 35.4 Å². The van der Waals surface area contributed by atoms with E-state index in [1.54, 1.807) is 0 Å². The molecule has 1 aromatic carbocycles. The number of unbranched alkanes of at least 4 members (excludes halogenated alkanes) is 2. The van der Waals surface area contributed by atoms with Crippen LogP contribution in [-0.2, 0) is 4.79 Å². The molecule has 0 fully saturated rings. The molecule has 0 spiro atoms. The topological polar surface area (TPSA) is 49.3 Å². The molecule has 100 valence electrons. The summed E-state index contributed by atoms with van der Waals surface area (Å²) in [6, 6.07) is 7.69. The van der Waals surface area contributed by atoms with Crippen molar-refractivity contribution in [1.82, 2.24) is 5.32 Å². The van der Waals surface area contributed by atoms with Gasteiger partial charge in [-0.2, -0.15) is 0 Å². The predicted molar refractivity (Wildman–Crippen MR) is 73.3 cm³/mol. The maximum Gasteiger partial charge on any atom is 0.220 e. The summed E-state index contributed by atoms with van der Waals surface area (Å²) in [7, 11) is 0. The molecule has 1 unspecified atom stereocenters. The van der Waals surface area contributed by atoms with E-state index in [1.807, 2.05) is 31.2 Å². The maximum atomic E-state index is 11.5. The number of nitrogens with one attached hydrogen (secondary N) is 1. The number of carbonyl (C=O) groups is 1.